The second kappa shape index (κ2) is 8.33. The minimum absolute atomic E-state index is 0.0224. The van der Waals surface area contributed by atoms with Crippen molar-refractivity contribution in [1.29, 1.82) is 0 Å². The molecule has 0 amide bonds. The van der Waals surface area contributed by atoms with Crippen molar-refractivity contribution in [2.75, 3.05) is 10.6 Å². The zero-order valence-corrected chi connectivity index (χ0v) is 18.5. The molecule has 3 heterocycles. The summed E-state index contributed by atoms with van der Waals surface area (Å²) >= 11 is 6.12. The molecule has 3 aromatic heterocycles. The SMILES string of the molecule is Cn1cnc2ncnc(N[C@@H]3CCC[C@H](Nc4cc(C(F)(F)F)nc5ccc(Cl)cc45)C3)c21. The van der Waals surface area contributed by atoms with Gasteiger partial charge in [-0.2, -0.15) is 13.2 Å². The molecule has 0 saturated heterocycles. The number of aryl methyl sites for hydroxylation is 1. The van der Waals surface area contributed by atoms with Gasteiger partial charge in [-0.25, -0.2) is 19.9 Å². The molecule has 1 fully saturated rings. The number of imidazole rings is 1. The summed E-state index contributed by atoms with van der Waals surface area (Å²) in [6, 6.07) is 5.85. The Labute approximate surface area is 192 Å². The fraction of sp³-hybridized carbons (Fsp3) is 0.364. The zero-order valence-electron chi connectivity index (χ0n) is 17.7. The Morgan fingerprint density at radius 3 is 2.64 bits per heavy atom. The first-order valence-electron chi connectivity index (χ1n) is 10.6. The minimum Gasteiger partial charge on any atom is -0.382 e. The van der Waals surface area contributed by atoms with Gasteiger partial charge < -0.3 is 15.2 Å². The third kappa shape index (κ3) is 4.39. The summed E-state index contributed by atoms with van der Waals surface area (Å²) in [7, 11) is 1.88. The summed E-state index contributed by atoms with van der Waals surface area (Å²) in [5.41, 5.74) is 1.14. The Bertz CT molecular complexity index is 1320. The predicted molar refractivity (Wildman–Crippen MR) is 121 cm³/mol. The largest absolute Gasteiger partial charge is 0.433 e. The van der Waals surface area contributed by atoms with Crippen LogP contribution in [0.2, 0.25) is 5.02 Å². The molecule has 1 aliphatic rings. The van der Waals surface area contributed by atoms with Gasteiger partial charge in [-0.15, -0.1) is 0 Å². The maximum Gasteiger partial charge on any atom is 0.433 e. The second-order valence-corrected chi connectivity index (χ2v) is 8.75. The molecule has 33 heavy (non-hydrogen) atoms. The van der Waals surface area contributed by atoms with Crippen LogP contribution in [-0.2, 0) is 13.2 Å². The average molecular weight is 476 g/mol. The number of halogens is 4. The van der Waals surface area contributed by atoms with Gasteiger partial charge in [0.2, 0.25) is 0 Å². The Balaban J connectivity index is 1.40. The fourth-order valence-corrected chi connectivity index (χ4v) is 4.59. The van der Waals surface area contributed by atoms with E-state index < -0.39 is 11.9 Å². The van der Waals surface area contributed by atoms with Crippen LogP contribution in [0, 0.1) is 0 Å². The van der Waals surface area contributed by atoms with Crippen LogP contribution in [0.1, 0.15) is 31.4 Å². The fourth-order valence-electron chi connectivity index (χ4n) is 4.42. The molecule has 172 valence electrons. The molecule has 0 unspecified atom stereocenters. The van der Waals surface area contributed by atoms with Crippen molar-refractivity contribution in [2.45, 2.75) is 43.9 Å². The summed E-state index contributed by atoms with van der Waals surface area (Å²) in [4.78, 5) is 16.6. The van der Waals surface area contributed by atoms with Gasteiger partial charge in [0.15, 0.2) is 11.5 Å². The van der Waals surface area contributed by atoms with Crippen LogP contribution in [-0.4, -0.2) is 36.6 Å². The number of anilines is 2. The molecule has 0 bridgehead atoms. The van der Waals surface area contributed by atoms with Gasteiger partial charge in [0.05, 0.1) is 11.8 Å². The Hall–Kier alpha value is -3.14. The van der Waals surface area contributed by atoms with E-state index in [9.17, 15) is 13.2 Å². The standard InChI is InChI=1S/C22H21ClF3N7/c1-33-11-29-20-19(33)21(28-10-27-20)31-14-4-2-3-13(8-14)30-17-9-18(22(24,25)26)32-16-6-5-12(23)7-15(16)17/h5-7,9-11,13-14H,2-4,8H2,1H3,(H,30,32)(H,27,28,31)/t13-,14+/m0/s1. The normalized spacial score (nSPS) is 19.2. The third-order valence-corrected chi connectivity index (χ3v) is 6.18. The number of benzene rings is 1. The van der Waals surface area contributed by atoms with Gasteiger partial charge in [-0.1, -0.05) is 11.6 Å². The van der Waals surface area contributed by atoms with E-state index in [2.05, 4.69) is 30.6 Å². The second-order valence-electron chi connectivity index (χ2n) is 8.31. The quantitative estimate of drug-likeness (QED) is 0.410. The molecule has 2 N–H and O–H groups in total. The summed E-state index contributed by atoms with van der Waals surface area (Å²) < 4.78 is 42.2. The number of nitrogens with one attached hydrogen (secondary N) is 2. The summed E-state index contributed by atoms with van der Waals surface area (Å²) in [5.74, 6) is 0.700. The topological polar surface area (TPSA) is 80.5 Å². The monoisotopic (exact) mass is 475 g/mol. The first-order chi connectivity index (χ1) is 15.8. The lowest BCUT2D eigenvalue weighted by Gasteiger charge is -2.32. The van der Waals surface area contributed by atoms with E-state index in [1.54, 1.807) is 18.5 Å². The third-order valence-electron chi connectivity index (χ3n) is 5.94. The van der Waals surface area contributed by atoms with E-state index in [1.807, 2.05) is 11.6 Å². The van der Waals surface area contributed by atoms with Crippen molar-refractivity contribution >= 4 is 45.2 Å². The summed E-state index contributed by atoms with van der Waals surface area (Å²) in [6.07, 6.45) is 2.03. The number of nitrogens with zero attached hydrogens (tertiary/aromatic N) is 5. The molecule has 0 spiro atoms. The number of fused-ring (bicyclic) bond motifs is 2. The van der Waals surface area contributed by atoms with Crippen LogP contribution in [0.15, 0.2) is 36.9 Å². The van der Waals surface area contributed by atoms with E-state index in [0.717, 1.165) is 37.3 Å². The van der Waals surface area contributed by atoms with Crippen LogP contribution in [0.4, 0.5) is 24.7 Å². The number of alkyl halides is 3. The number of hydrogen-bond donors (Lipinski definition) is 2. The van der Waals surface area contributed by atoms with E-state index in [1.165, 1.54) is 12.4 Å². The number of aromatic nitrogens is 5. The highest BCUT2D eigenvalue weighted by Crippen LogP contribution is 2.35. The molecule has 7 nitrogen and oxygen atoms in total. The highest BCUT2D eigenvalue weighted by molar-refractivity contribution is 6.31. The maximum atomic E-state index is 13.4. The maximum absolute atomic E-state index is 13.4. The van der Waals surface area contributed by atoms with Crippen molar-refractivity contribution in [3.05, 3.63) is 47.6 Å². The molecule has 2 atom stereocenters. The van der Waals surface area contributed by atoms with Crippen molar-refractivity contribution in [3.8, 4) is 0 Å². The summed E-state index contributed by atoms with van der Waals surface area (Å²) in [5, 5.41) is 7.83. The van der Waals surface area contributed by atoms with Gasteiger partial charge in [0, 0.05) is 35.2 Å². The lowest BCUT2D eigenvalue weighted by molar-refractivity contribution is -0.140. The molecule has 0 radical (unpaired) electrons. The van der Waals surface area contributed by atoms with Gasteiger partial charge >= 0.3 is 6.18 Å². The molecule has 11 heteroatoms. The van der Waals surface area contributed by atoms with Crippen molar-refractivity contribution < 1.29 is 13.2 Å². The van der Waals surface area contributed by atoms with E-state index in [-0.39, 0.29) is 17.6 Å². The predicted octanol–water partition coefficient (Wildman–Crippen LogP) is 5.42. The number of rotatable bonds is 4. The molecular formula is C22H21ClF3N7. The van der Waals surface area contributed by atoms with Crippen molar-refractivity contribution in [2.24, 2.45) is 7.05 Å². The highest BCUT2D eigenvalue weighted by Gasteiger charge is 2.34. The number of hydrogen-bond acceptors (Lipinski definition) is 6. The Morgan fingerprint density at radius 1 is 1.06 bits per heavy atom. The molecule has 1 saturated carbocycles. The first kappa shape index (κ1) is 21.7. The van der Waals surface area contributed by atoms with Crippen LogP contribution >= 0.6 is 11.6 Å². The molecule has 4 aromatic rings. The smallest absolute Gasteiger partial charge is 0.382 e. The van der Waals surface area contributed by atoms with Gasteiger partial charge in [-0.05, 0) is 49.9 Å². The lowest BCUT2D eigenvalue weighted by atomic mass is 9.90. The van der Waals surface area contributed by atoms with Crippen molar-refractivity contribution in [3.63, 3.8) is 0 Å². The average Bonchev–Trinajstić information content (AvgIpc) is 3.15. The van der Waals surface area contributed by atoms with Gasteiger partial charge in [-0.3, -0.25) is 0 Å². The van der Waals surface area contributed by atoms with E-state index in [0.29, 0.717) is 27.6 Å². The highest BCUT2D eigenvalue weighted by atomic mass is 35.5. The Kier molecular flexibility index (Phi) is 5.48. The van der Waals surface area contributed by atoms with Crippen LogP contribution in [0.5, 0.6) is 0 Å². The van der Waals surface area contributed by atoms with Crippen LogP contribution < -0.4 is 10.6 Å². The molecule has 1 aliphatic carbocycles. The van der Waals surface area contributed by atoms with Gasteiger partial charge in [0.1, 0.15) is 17.5 Å². The Morgan fingerprint density at radius 2 is 1.85 bits per heavy atom. The molecule has 0 aliphatic heterocycles. The van der Waals surface area contributed by atoms with Crippen LogP contribution in [0.3, 0.4) is 0 Å². The van der Waals surface area contributed by atoms with E-state index in [4.69, 9.17) is 11.6 Å². The number of pyridine rings is 1. The van der Waals surface area contributed by atoms with Crippen molar-refractivity contribution in [1.82, 2.24) is 24.5 Å². The minimum atomic E-state index is -4.54. The zero-order chi connectivity index (χ0) is 23.2. The van der Waals surface area contributed by atoms with Crippen LogP contribution in [0.25, 0.3) is 22.1 Å². The van der Waals surface area contributed by atoms with Gasteiger partial charge in [0.25, 0.3) is 0 Å². The molecule has 1 aromatic carbocycles. The lowest BCUT2D eigenvalue weighted by Crippen LogP contribution is -2.34. The summed E-state index contributed by atoms with van der Waals surface area (Å²) in [6.45, 7) is 0. The molecular weight excluding hydrogens is 455 g/mol. The first-order valence-corrected chi connectivity index (χ1v) is 11.0. The van der Waals surface area contributed by atoms with E-state index >= 15 is 0 Å². The molecule has 5 rings (SSSR count).